The number of nitro groups is 1. The van der Waals surface area contributed by atoms with Crippen molar-refractivity contribution >= 4 is 21.4 Å². The molecule has 0 heterocycles. The van der Waals surface area contributed by atoms with E-state index in [2.05, 4.69) is 0 Å². The van der Waals surface area contributed by atoms with E-state index < -0.39 is 38.1 Å². The first-order valence-electron chi connectivity index (χ1n) is 7.70. The topological polar surface area (TPSA) is 97.6 Å². The maximum Gasteiger partial charge on any atom is 0.416 e. The average molecular weight is 416 g/mol. The maximum atomic E-state index is 12.6. The van der Waals surface area contributed by atoms with Crippen LogP contribution in [0.4, 0.5) is 18.9 Å². The van der Waals surface area contributed by atoms with Crippen molar-refractivity contribution in [3.05, 3.63) is 69.3 Å². The van der Waals surface area contributed by atoms with Crippen molar-refractivity contribution in [1.82, 2.24) is 4.90 Å². The molecule has 11 heteroatoms. The quantitative estimate of drug-likeness (QED) is 0.550. The summed E-state index contributed by atoms with van der Waals surface area (Å²) < 4.78 is 61.2. The van der Waals surface area contributed by atoms with Gasteiger partial charge in [-0.1, -0.05) is 12.1 Å². The molecule has 0 fully saturated rings. The number of nitro benzene ring substituents is 1. The van der Waals surface area contributed by atoms with E-state index in [0.29, 0.717) is 5.56 Å². The van der Waals surface area contributed by atoms with Crippen LogP contribution in [-0.2, 0) is 22.6 Å². The molecule has 0 spiro atoms. The van der Waals surface area contributed by atoms with E-state index in [1.165, 1.54) is 19.2 Å². The first kappa shape index (κ1) is 21.4. The Balaban J connectivity index is 2.30. The molecule has 0 atom stereocenters. The van der Waals surface area contributed by atoms with Crippen LogP contribution in [0, 0.1) is 10.1 Å². The highest BCUT2D eigenvalue weighted by Gasteiger charge is 2.30. The second-order valence-corrected chi connectivity index (χ2v) is 8.12. The molecule has 2 rings (SSSR count). The van der Waals surface area contributed by atoms with Gasteiger partial charge in [-0.15, -0.1) is 0 Å². The molecule has 0 N–H and O–H groups in total. The molecule has 0 aliphatic carbocycles. The van der Waals surface area contributed by atoms with Crippen LogP contribution in [0.2, 0.25) is 0 Å². The fraction of sp³-hybridized carbons (Fsp3) is 0.235. The number of hydrogen-bond acceptors (Lipinski definition) is 5. The van der Waals surface area contributed by atoms with Crippen LogP contribution in [0.25, 0.3) is 0 Å². The molecule has 0 saturated heterocycles. The number of amides is 1. The molecule has 7 nitrogen and oxygen atoms in total. The van der Waals surface area contributed by atoms with Crippen molar-refractivity contribution in [2.45, 2.75) is 17.6 Å². The Morgan fingerprint density at radius 2 is 1.71 bits per heavy atom. The number of alkyl halides is 3. The lowest BCUT2D eigenvalue weighted by atomic mass is 10.1. The van der Waals surface area contributed by atoms with Gasteiger partial charge in [-0.25, -0.2) is 8.42 Å². The Labute approximate surface area is 158 Å². The van der Waals surface area contributed by atoms with E-state index in [-0.39, 0.29) is 17.0 Å². The highest BCUT2D eigenvalue weighted by molar-refractivity contribution is 7.90. The van der Waals surface area contributed by atoms with Gasteiger partial charge in [0.1, 0.15) is 0 Å². The van der Waals surface area contributed by atoms with Crippen LogP contribution in [0.1, 0.15) is 21.5 Å². The third kappa shape index (κ3) is 5.06. The SMILES string of the molecule is CN(Cc1ccc(C(F)(F)F)cc1)C(=O)c1cc([N+](=O)[O-])cc(S(C)(=O)=O)c1. The van der Waals surface area contributed by atoms with E-state index in [4.69, 9.17) is 0 Å². The summed E-state index contributed by atoms with van der Waals surface area (Å²) in [6.45, 7) is -0.0755. The van der Waals surface area contributed by atoms with E-state index >= 15 is 0 Å². The van der Waals surface area contributed by atoms with Crippen molar-refractivity contribution in [3.8, 4) is 0 Å². The number of carbonyl (C=O) groups is 1. The first-order chi connectivity index (χ1) is 12.8. The van der Waals surface area contributed by atoms with Crippen molar-refractivity contribution in [2.24, 2.45) is 0 Å². The Hall–Kier alpha value is -2.95. The number of non-ortho nitro benzene ring substituents is 1. The fourth-order valence-corrected chi connectivity index (χ4v) is 3.07. The molecule has 28 heavy (non-hydrogen) atoms. The molecule has 0 bridgehead atoms. The summed E-state index contributed by atoms with van der Waals surface area (Å²) >= 11 is 0. The van der Waals surface area contributed by atoms with Gasteiger partial charge in [0, 0.05) is 37.5 Å². The average Bonchev–Trinajstić information content (AvgIpc) is 2.59. The lowest BCUT2D eigenvalue weighted by molar-refractivity contribution is -0.385. The minimum Gasteiger partial charge on any atom is -0.337 e. The smallest absolute Gasteiger partial charge is 0.337 e. The van der Waals surface area contributed by atoms with E-state index in [1.807, 2.05) is 0 Å². The number of carbonyl (C=O) groups excluding carboxylic acids is 1. The third-order valence-electron chi connectivity index (χ3n) is 3.82. The number of halogens is 3. The van der Waals surface area contributed by atoms with Crippen LogP contribution in [-0.4, -0.2) is 37.5 Å². The van der Waals surface area contributed by atoms with Crippen LogP contribution in [0.15, 0.2) is 47.4 Å². The van der Waals surface area contributed by atoms with Crippen LogP contribution in [0.3, 0.4) is 0 Å². The predicted octanol–water partition coefficient (Wildman–Crippen LogP) is 3.29. The predicted molar refractivity (Wildman–Crippen MR) is 93.4 cm³/mol. The Kier molecular flexibility index (Phi) is 5.78. The van der Waals surface area contributed by atoms with E-state index in [1.54, 1.807) is 0 Å². The van der Waals surface area contributed by atoms with Gasteiger partial charge in [0.25, 0.3) is 11.6 Å². The third-order valence-corrected chi connectivity index (χ3v) is 4.92. The summed E-state index contributed by atoms with van der Waals surface area (Å²) in [5.74, 6) is -0.714. The van der Waals surface area contributed by atoms with Gasteiger partial charge in [0.2, 0.25) is 0 Å². The molecule has 0 aliphatic rings. The molecule has 0 aliphatic heterocycles. The van der Waals surface area contributed by atoms with Gasteiger partial charge in [0.05, 0.1) is 15.4 Å². The Morgan fingerprint density at radius 3 is 2.18 bits per heavy atom. The monoisotopic (exact) mass is 416 g/mol. The van der Waals surface area contributed by atoms with E-state index in [9.17, 15) is 36.5 Å². The zero-order chi connectivity index (χ0) is 21.3. The van der Waals surface area contributed by atoms with Gasteiger partial charge >= 0.3 is 6.18 Å². The molecule has 150 valence electrons. The highest BCUT2D eigenvalue weighted by Crippen LogP contribution is 2.29. The van der Waals surface area contributed by atoms with Crippen LogP contribution < -0.4 is 0 Å². The summed E-state index contributed by atoms with van der Waals surface area (Å²) in [4.78, 5) is 23.5. The molecule has 2 aromatic rings. The van der Waals surface area contributed by atoms with Crippen molar-refractivity contribution in [1.29, 1.82) is 0 Å². The molecule has 0 aromatic heterocycles. The summed E-state index contributed by atoms with van der Waals surface area (Å²) in [5.41, 5.74) is -1.21. The number of rotatable bonds is 5. The highest BCUT2D eigenvalue weighted by atomic mass is 32.2. The van der Waals surface area contributed by atoms with Gasteiger partial charge in [-0.05, 0) is 23.8 Å². The molecule has 0 radical (unpaired) electrons. The minimum atomic E-state index is -4.48. The molecule has 2 aromatic carbocycles. The second-order valence-electron chi connectivity index (χ2n) is 6.10. The number of hydrogen-bond donors (Lipinski definition) is 0. The molecular formula is C17H15F3N2O5S. The number of nitrogens with zero attached hydrogens (tertiary/aromatic N) is 2. The standard InChI is InChI=1S/C17H15F3N2O5S/c1-21(10-11-3-5-13(6-4-11)17(18,19)20)16(23)12-7-14(22(24)25)9-15(8-12)28(2,26)27/h3-9H,10H2,1-2H3. The molecular weight excluding hydrogens is 401 g/mol. The van der Waals surface area contributed by atoms with Crippen LogP contribution >= 0.6 is 0 Å². The second kappa shape index (κ2) is 7.58. The van der Waals surface area contributed by atoms with Crippen LogP contribution in [0.5, 0.6) is 0 Å². The van der Waals surface area contributed by atoms with Crippen molar-refractivity contribution in [3.63, 3.8) is 0 Å². The summed E-state index contributed by atoms with van der Waals surface area (Å²) in [6, 6.07) is 6.99. The van der Waals surface area contributed by atoms with Gasteiger partial charge in [-0.2, -0.15) is 13.2 Å². The first-order valence-corrected chi connectivity index (χ1v) is 9.59. The zero-order valence-corrected chi connectivity index (χ0v) is 15.5. The summed E-state index contributed by atoms with van der Waals surface area (Å²) in [6.07, 6.45) is -3.63. The number of benzene rings is 2. The largest absolute Gasteiger partial charge is 0.416 e. The van der Waals surface area contributed by atoms with Gasteiger partial charge < -0.3 is 4.90 Å². The molecule has 0 unspecified atom stereocenters. The molecule has 0 saturated carbocycles. The fourth-order valence-electron chi connectivity index (χ4n) is 2.39. The summed E-state index contributed by atoms with van der Waals surface area (Å²) in [5, 5.41) is 11.0. The Morgan fingerprint density at radius 1 is 1.14 bits per heavy atom. The lowest BCUT2D eigenvalue weighted by Gasteiger charge is -2.18. The van der Waals surface area contributed by atoms with Gasteiger partial charge in [-0.3, -0.25) is 14.9 Å². The van der Waals surface area contributed by atoms with Gasteiger partial charge in [0.15, 0.2) is 9.84 Å². The minimum absolute atomic E-state index is 0.0755. The van der Waals surface area contributed by atoms with E-state index in [0.717, 1.165) is 41.5 Å². The normalized spacial score (nSPS) is 11.9. The van der Waals surface area contributed by atoms with Crippen molar-refractivity contribution in [2.75, 3.05) is 13.3 Å². The number of sulfone groups is 1. The summed E-state index contributed by atoms with van der Waals surface area (Å²) in [7, 11) is -2.45. The molecule has 1 amide bonds. The Bertz CT molecular complexity index is 1020. The van der Waals surface area contributed by atoms with Crippen molar-refractivity contribution < 1.29 is 31.3 Å². The lowest BCUT2D eigenvalue weighted by Crippen LogP contribution is -2.26. The maximum absolute atomic E-state index is 12.6. The zero-order valence-electron chi connectivity index (χ0n) is 14.7.